The molecule has 16 heavy (non-hydrogen) atoms. The predicted molar refractivity (Wildman–Crippen MR) is 64.8 cm³/mol. The third kappa shape index (κ3) is 2.08. The topological polar surface area (TPSA) is 48.6 Å². The van der Waals surface area contributed by atoms with Crippen LogP contribution in [-0.4, -0.2) is 10.2 Å². The Morgan fingerprint density at radius 3 is 2.19 bits per heavy atom. The summed E-state index contributed by atoms with van der Waals surface area (Å²) in [6.45, 7) is 4.05. The van der Waals surface area contributed by atoms with Crippen LogP contribution in [0, 0.1) is 6.92 Å². The molecule has 0 unspecified atom stereocenters. The van der Waals surface area contributed by atoms with Crippen molar-refractivity contribution in [3.63, 3.8) is 0 Å². The Bertz CT molecular complexity index is 520. The molecule has 0 saturated carbocycles. The number of benzene rings is 1. The van der Waals surface area contributed by atoms with Gasteiger partial charge in [-0.15, -0.1) is 0 Å². The van der Waals surface area contributed by atoms with Crippen LogP contribution in [0.2, 0.25) is 0 Å². The van der Waals surface area contributed by atoms with E-state index in [0.717, 1.165) is 17.7 Å². The van der Waals surface area contributed by atoms with Crippen molar-refractivity contribution in [1.29, 1.82) is 0 Å². The van der Waals surface area contributed by atoms with E-state index in [4.69, 9.17) is 0 Å². The first-order valence-electron chi connectivity index (χ1n) is 5.54. The zero-order chi connectivity index (χ0) is 11.5. The monoisotopic (exact) mass is 216 g/mol. The van der Waals surface area contributed by atoms with Crippen molar-refractivity contribution in [2.75, 3.05) is 0 Å². The van der Waals surface area contributed by atoms with Gasteiger partial charge in [-0.3, -0.25) is 9.89 Å². The summed E-state index contributed by atoms with van der Waals surface area (Å²) in [4.78, 5) is 11.5. The second-order valence-electron chi connectivity index (χ2n) is 4.03. The molecule has 0 aliphatic carbocycles. The highest BCUT2D eigenvalue weighted by Crippen LogP contribution is 2.10. The van der Waals surface area contributed by atoms with Gasteiger partial charge in [0.1, 0.15) is 0 Å². The van der Waals surface area contributed by atoms with Gasteiger partial charge in [0.2, 0.25) is 0 Å². The largest absolute Gasteiger partial charge is 0.302 e. The molecule has 0 atom stereocenters. The molecule has 84 valence electrons. The van der Waals surface area contributed by atoms with Crippen LogP contribution in [0.15, 0.2) is 29.1 Å². The maximum atomic E-state index is 11.5. The third-order valence-corrected chi connectivity index (χ3v) is 2.90. The lowest BCUT2D eigenvalue weighted by Crippen LogP contribution is -2.06. The molecule has 0 spiro atoms. The van der Waals surface area contributed by atoms with Crippen LogP contribution < -0.4 is 5.56 Å². The zero-order valence-corrected chi connectivity index (χ0v) is 9.63. The van der Waals surface area contributed by atoms with Gasteiger partial charge in [0, 0.05) is 17.7 Å². The van der Waals surface area contributed by atoms with Crippen LogP contribution in [-0.2, 0) is 12.8 Å². The fourth-order valence-corrected chi connectivity index (χ4v) is 1.78. The van der Waals surface area contributed by atoms with Gasteiger partial charge in [0.25, 0.3) is 5.56 Å². The molecule has 0 bridgehead atoms. The molecule has 2 N–H and O–H groups in total. The van der Waals surface area contributed by atoms with Gasteiger partial charge in [-0.2, -0.15) is 0 Å². The minimum absolute atomic E-state index is 0.0166. The maximum Gasteiger partial charge on any atom is 0.267 e. The molecular formula is C13H16N2O. The predicted octanol–water partition coefficient (Wildman–Crippen LogP) is 2.16. The third-order valence-electron chi connectivity index (χ3n) is 2.90. The summed E-state index contributed by atoms with van der Waals surface area (Å²) in [6.07, 6.45) is 1.73. The Balaban J connectivity index is 2.24. The minimum atomic E-state index is -0.0166. The van der Waals surface area contributed by atoms with Crippen molar-refractivity contribution in [3.05, 3.63) is 57.0 Å². The molecule has 0 fully saturated rings. The highest BCUT2D eigenvalue weighted by atomic mass is 16.1. The van der Waals surface area contributed by atoms with Crippen LogP contribution >= 0.6 is 0 Å². The Kier molecular flexibility index (Phi) is 2.95. The van der Waals surface area contributed by atoms with E-state index >= 15 is 0 Å². The van der Waals surface area contributed by atoms with Gasteiger partial charge in [-0.1, -0.05) is 31.2 Å². The number of H-pyrrole nitrogens is 2. The number of hydrogen-bond acceptors (Lipinski definition) is 1. The summed E-state index contributed by atoms with van der Waals surface area (Å²) in [5.74, 6) is 0. The number of rotatable bonds is 3. The summed E-state index contributed by atoms with van der Waals surface area (Å²) in [7, 11) is 0. The van der Waals surface area contributed by atoms with Crippen LogP contribution in [0.25, 0.3) is 0 Å². The van der Waals surface area contributed by atoms with E-state index in [-0.39, 0.29) is 5.56 Å². The number of aromatic amines is 2. The summed E-state index contributed by atoms with van der Waals surface area (Å²) in [6, 6.07) is 8.41. The van der Waals surface area contributed by atoms with Gasteiger partial charge >= 0.3 is 0 Å². The first-order chi connectivity index (χ1) is 7.70. The molecule has 2 rings (SSSR count). The van der Waals surface area contributed by atoms with E-state index in [0.29, 0.717) is 6.42 Å². The molecule has 1 aromatic carbocycles. The lowest BCUT2D eigenvalue weighted by atomic mass is 10.0. The summed E-state index contributed by atoms with van der Waals surface area (Å²) < 4.78 is 0. The highest BCUT2D eigenvalue weighted by molar-refractivity contribution is 5.29. The lowest BCUT2D eigenvalue weighted by Gasteiger charge is -2.01. The normalized spacial score (nSPS) is 10.6. The molecule has 0 aliphatic heterocycles. The van der Waals surface area contributed by atoms with Gasteiger partial charge in [0.05, 0.1) is 0 Å². The number of nitrogens with one attached hydrogen (secondary N) is 2. The molecule has 1 heterocycles. The average Bonchev–Trinajstić information content (AvgIpc) is 2.62. The Labute approximate surface area is 94.5 Å². The van der Waals surface area contributed by atoms with Crippen molar-refractivity contribution in [2.45, 2.75) is 26.7 Å². The Morgan fingerprint density at radius 1 is 1.06 bits per heavy atom. The molecular weight excluding hydrogens is 200 g/mol. The molecule has 0 aliphatic rings. The van der Waals surface area contributed by atoms with Crippen molar-refractivity contribution in [1.82, 2.24) is 10.2 Å². The molecule has 3 heteroatoms. The fourth-order valence-electron chi connectivity index (χ4n) is 1.78. The smallest absolute Gasteiger partial charge is 0.267 e. The van der Waals surface area contributed by atoms with Crippen molar-refractivity contribution >= 4 is 0 Å². The second-order valence-corrected chi connectivity index (χ2v) is 4.03. The molecule has 0 amide bonds. The van der Waals surface area contributed by atoms with E-state index in [2.05, 4.69) is 41.4 Å². The zero-order valence-electron chi connectivity index (χ0n) is 9.63. The van der Waals surface area contributed by atoms with Gasteiger partial charge < -0.3 is 5.10 Å². The van der Waals surface area contributed by atoms with Crippen LogP contribution in [0.4, 0.5) is 0 Å². The minimum Gasteiger partial charge on any atom is -0.302 e. The molecule has 1 aromatic heterocycles. The Morgan fingerprint density at radius 2 is 1.69 bits per heavy atom. The van der Waals surface area contributed by atoms with Gasteiger partial charge in [-0.25, -0.2) is 0 Å². The Hall–Kier alpha value is -1.77. The van der Waals surface area contributed by atoms with Gasteiger partial charge in [-0.05, 0) is 24.5 Å². The molecule has 3 nitrogen and oxygen atoms in total. The number of hydrogen-bond donors (Lipinski definition) is 2. The maximum absolute atomic E-state index is 11.5. The SMILES string of the molecule is CCc1ccc(Cc2c(C)[nH][nH]c2=O)cc1. The van der Waals surface area contributed by atoms with Gasteiger partial charge in [0.15, 0.2) is 0 Å². The second kappa shape index (κ2) is 4.39. The van der Waals surface area contributed by atoms with E-state index in [1.165, 1.54) is 11.1 Å². The summed E-state index contributed by atoms with van der Waals surface area (Å²) in [5.41, 5.74) is 4.22. The first-order valence-corrected chi connectivity index (χ1v) is 5.54. The van der Waals surface area contributed by atoms with Crippen LogP contribution in [0.5, 0.6) is 0 Å². The standard InChI is InChI=1S/C13H16N2O/c1-3-10-4-6-11(7-5-10)8-12-9(2)14-15-13(12)16/h4-7H,3,8H2,1-2H3,(H2,14,15,16). The lowest BCUT2D eigenvalue weighted by molar-refractivity contribution is 1.02. The van der Waals surface area contributed by atoms with Crippen LogP contribution in [0.3, 0.4) is 0 Å². The summed E-state index contributed by atoms with van der Waals surface area (Å²) in [5, 5.41) is 5.44. The van der Waals surface area contributed by atoms with E-state index < -0.39 is 0 Å². The van der Waals surface area contributed by atoms with E-state index in [9.17, 15) is 4.79 Å². The quantitative estimate of drug-likeness (QED) is 0.811. The number of aryl methyl sites for hydroxylation is 2. The first kappa shape index (κ1) is 10.7. The fraction of sp³-hybridized carbons (Fsp3) is 0.308. The van der Waals surface area contributed by atoms with Crippen molar-refractivity contribution in [2.24, 2.45) is 0 Å². The van der Waals surface area contributed by atoms with Crippen LogP contribution in [0.1, 0.15) is 29.3 Å². The summed E-state index contributed by atoms with van der Waals surface area (Å²) >= 11 is 0. The van der Waals surface area contributed by atoms with E-state index in [1.807, 2.05) is 6.92 Å². The number of aromatic nitrogens is 2. The average molecular weight is 216 g/mol. The molecule has 0 radical (unpaired) electrons. The molecule has 0 saturated heterocycles. The van der Waals surface area contributed by atoms with Crippen molar-refractivity contribution in [3.8, 4) is 0 Å². The van der Waals surface area contributed by atoms with E-state index in [1.54, 1.807) is 0 Å². The molecule has 2 aromatic rings. The highest BCUT2D eigenvalue weighted by Gasteiger charge is 2.06. The van der Waals surface area contributed by atoms with Crippen molar-refractivity contribution < 1.29 is 0 Å².